The molecule has 7 heteroatoms. The van der Waals surface area contributed by atoms with Gasteiger partial charge < -0.3 is 20.3 Å². The van der Waals surface area contributed by atoms with Gasteiger partial charge in [-0.15, -0.1) is 0 Å². The van der Waals surface area contributed by atoms with Crippen molar-refractivity contribution in [2.75, 3.05) is 5.32 Å². The van der Waals surface area contributed by atoms with E-state index in [1.807, 2.05) is 6.92 Å². The first kappa shape index (κ1) is 22.3. The van der Waals surface area contributed by atoms with Gasteiger partial charge >= 0.3 is 11.9 Å². The molecule has 33 heavy (non-hydrogen) atoms. The predicted molar refractivity (Wildman–Crippen MR) is 121 cm³/mol. The molecule has 0 heterocycles. The van der Waals surface area contributed by atoms with E-state index in [2.05, 4.69) is 5.32 Å². The molecular formula is C26H24FNO5. The van der Waals surface area contributed by atoms with E-state index >= 15 is 0 Å². The van der Waals surface area contributed by atoms with Crippen LogP contribution in [0.15, 0.2) is 48.5 Å². The van der Waals surface area contributed by atoms with Crippen molar-refractivity contribution in [1.82, 2.24) is 0 Å². The fraction of sp³-hybridized carbons (Fsp3) is 0.231. The summed E-state index contributed by atoms with van der Waals surface area (Å²) in [6.45, 7) is 1.85. The molecule has 3 N–H and O–H groups in total. The van der Waals surface area contributed by atoms with Gasteiger partial charge in [0.15, 0.2) is 0 Å². The van der Waals surface area contributed by atoms with Gasteiger partial charge in [-0.2, -0.15) is 0 Å². The zero-order valence-electron chi connectivity index (χ0n) is 18.2. The van der Waals surface area contributed by atoms with Crippen LogP contribution in [0.2, 0.25) is 0 Å². The van der Waals surface area contributed by atoms with E-state index in [9.17, 15) is 19.1 Å². The predicted octanol–water partition coefficient (Wildman–Crippen LogP) is 4.93. The van der Waals surface area contributed by atoms with Gasteiger partial charge in [-0.3, -0.25) is 4.79 Å². The second-order valence-electron chi connectivity index (χ2n) is 8.16. The molecule has 0 unspecified atom stereocenters. The number of ether oxygens (including phenoxy) is 1. The number of carbonyl (C=O) groups is 2. The molecule has 0 aromatic heterocycles. The number of carboxylic acid groups (broad SMARTS) is 1. The summed E-state index contributed by atoms with van der Waals surface area (Å²) in [5.41, 5.74) is 4.81. The van der Waals surface area contributed by atoms with Gasteiger partial charge in [0.2, 0.25) is 0 Å². The van der Waals surface area contributed by atoms with Crippen molar-refractivity contribution in [3.8, 4) is 17.2 Å². The number of anilines is 1. The van der Waals surface area contributed by atoms with Crippen molar-refractivity contribution in [2.45, 2.75) is 39.0 Å². The molecule has 1 amide bonds. The number of rotatable bonds is 6. The summed E-state index contributed by atoms with van der Waals surface area (Å²) in [6, 6.07) is 13.1. The van der Waals surface area contributed by atoms with Gasteiger partial charge in [-0.05, 0) is 97.7 Å². The summed E-state index contributed by atoms with van der Waals surface area (Å²) in [7, 11) is 0. The highest BCUT2D eigenvalue weighted by Gasteiger charge is 2.24. The first-order valence-corrected chi connectivity index (χ1v) is 10.8. The maximum absolute atomic E-state index is 13.1. The van der Waals surface area contributed by atoms with E-state index < -0.39 is 11.9 Å². The van der Waals surface area contributed by atoms with Gasteiger partial charge in [0.05, 0.1) is 0 Å². The summed E-state index contributed by atoms with van der Waals surface area (Å²) in [5, 5.41) is 21.7. The number of aryl methyl sites for hydroxylation is 3. The minimum Gasteiger partial charge on any atom is -0.508 e. The van der Waals surface area contributed by atoms with Crippen LogP contribution in [0.5, 0.6) is 17.2 Å². The number of phenols is 1. The van der Waals surface area contributed by atoms with Gasteiger partial charge in [-0.1, -0.05) is 12.1 Å². The van der Waals surface area contributed by atoms with Crippen molar-refractivity contribution >= 4 is 17.6 Å². The fourth-order valence-electron chi connectivity index (χ4n) is 4.20. The van der Waals surface area contributed by atoms with E-state index in [4.69, 9.17) is 9.84 Å². The minimum atomic E-state index is -1.53. The van der Waals surface area contributed by atoms with Crippen LogP contribution in [-0.4, -0.2) is 22.1 Å². The Bertz CT molecular complexity index is 1220. The minimum absolute atomic E-state index is 0.165. The summed E-state index contributed by atoms with van der Waals surface area (Å²) in [5.74, 6) is -1.46. The topological polar surface area (TPSA) is 95.9 Å². The van der Waals surface area contributed by atoms with Crippen LogP contribution in [0.3, 0.4) is 0 Å². The Morgan fingerprint density at radius 2 is 1.76 bits per heavy atom. The van der Waals surface area contributed by atoms with Crippen LogP contribution in [0.4, 0.5) is 10.1 Å². The molecule has 0 atom stereocenters. The molecule has 3 aromatic rings. The molecular weight excluding hydrogens is 425 g/mol. The number of aromatic hydroxyl groups is 1. The molecule has 0 saturated heterocycles. The SMILES string of the molecule is Cc1cc(NC(=O)C(=O)O)c2c(c1Oc1ccc(O)c(CCc3ccc(F)cc3)c1)CCC2. The van der Waals surface area contributed by atoms with Crippen molar-refractivity contribution in [3.63, 3.8) is 0 Å². The number of phenolic OH excluding ortho intramolecular Hbond substituents is 1. The average molecular weight is 449 g/mol. The highest BCUT2D eigenvalue weighted by molar-refractivity contribution is 6.36. The number of hydrogen-bond donors (Lipinski definition) is 3. The van der Waals surface area contributed by atoms with Gasteiger partial charge in [0.1, 0.15) is 23.1 Å². The number of carboxylic acids is 1. The number of halogens is 1. The maximum atomic E-state index is 13.1. The average Bonchev–Trinajstić information content (AvgIpc) is 3.27. The lowest BCUT2D eigenvalue weighted by Gasteiger charge is -2.18. The third kappa shape index (κ3) is 4.98. The molecule has 3 aromatic carbocycles. The van der Waals surface area contributed by atoms with Gasteiger partial charge in [0.25, 0.3) is 0 Å². The van der Waals surface area contributed by atoms with E-state index in [-0.39, 0.29) is 11.6 Å². The second kappa shape index (κ2) is 9.32. The molecule has 0 aliphatic heterocycles. The molecule has 170 valence electrons. The quantitative estimate of drug-likeness (QED) is 0.464. The van der Waals surface area contributed by atoms with E-state index in [1.54, 1.807) is 36.4 Å². The van der Waals surface area contributed by atoms with Crippen molar-refractivity contribution in [1.29, 1.82) is 0 Å². The van der Waals surface area contributed by atoms with Crippen LogP contribution in [0.25, 0.3) is 0 Å². The Labute approximate surface area is 190 Å². The lowest BCUT2D eigenvalue weighted by atomic mass is 10.0. The standard InChI is InChI=1S/C26H24FNO5/c1-15-13-22(28-25(30)26(31)32)20-3-2-4-21(20)24(15)33-19-11-12-23(29)17(14-19)8-5-16-6-9-18(27)10-7-16/h6-7,9-14,29H,2-5,8H2,1H3,(H,28,30)(H,31,32). The van der Waals surface area contributed by atoms with E-state index in [0.29, 0.717) is 30.0 Å². The van der Waals surface area contributed by atoms with Gasteiger partial charge in [-0.25, -0.2) is 9.18 Å². The summed E-state index contributed by atoms with van der Waals surface area (Å²) >= 11 is 0. The summed E-state index contributed by atoms with van der Waals surface area (Å²) in [4.78, 5) is 22.6. The maximum Gasteiger partial charge on any atom is 0.394 e. The van der Waals surface area contributed by atoms with Crippen LogP contribution >= 0.6 is 0 Å². The number of fused-ring (bicyclic) bond motifs is 1. The zero-order chi connectivity index (χ0) is 23.5. The third-order valence-corrected chi connectivity index (χ3v) is 5.85. The highest BCUT2D eigenvalue weighted by atomic mass is 19.1. The number of nitrogens with one attached hydrogen (secondary N) is 1. The van der Waals surface area contributed by atoms with Gasteiger partial charge in [0, 0.05) is 11.3 Å². The normalized spacial score (nSPS) is 12.3. The Kier molecular flexibility index (Phi) is 6.31. The fourth-order valence-corrected chi connectivity index (χ4v) is 4.20. The second-order valence-corrected chi connectivity index (χ2v) is 8.16. The zero-order valence-corrected chi connectivity index (χ0v) is 18.2. The molecule has 0 radical (unpaired) electrons. The van der Waals surface area contributed by atoms with Crippen LogP contribution in [-0.2, 0) is 35.3 Å². The van der Waals surface area contributed by atoms with E-state index in [0.717, 1.165) is 47.1 Å². The van der Waals surface area contributed by atoms with Crippen LogP contribution in [0.1, 0.15) is 34.2 Å². The molecule has 6 nitrogen and oxygen atoms in total. The summed E-state index contributed by atoms with van der Waals surface area (Å²) < 4.78 is 19.4. The number of hydrogen-bond acceptors (Lipinski definition) is 4. The first-order chi connectivity index (χ1) is 15.8. The largest absolute Gasteiger partial charge is 0.508 e. The molecule has 0 bridgehead atoms. The molecule has 4 rings (SSSR count). The summed E-state index contributed by atoms with van der Waals surface area (Å²) in [6.07, 6.45) is 3.57. The third-order valence-electron chi connectivity index (χ3n) is 5.85. The Morgan fingerprint density at radius 1 is 1.03 bits per heavy atom. The van der Waals surface area contributed by atoms with Crippen molar-refractivity contribution in [3.05, 3.63) is 82.2 Å². The molecule has 1 aliphatic rings. The Balaban J connectivity index is 1.57. The van der Waals surface area contributed by atoms with E-state index in [1.165, 1.54) is 12.1 Å². The molecule has 0 spiro atoms. The lowest BCUT2D eigenvalue weighted by molar-refractivity contribution is -0.147. The molecule has 1 aliphatic carbocycles. The highest BCUT2D eigenvalue weighted by Crippen LogP contribution is 2.41. The number of amides is 1. The Morgan fingerprint density at radius 3 is 2.48 bits per heavy atom. The first-order valence-electron chi connectivity index (χ1n) is 10.8. The van der Waals surface area contributed by atoms with Crippen LogP contribution in [0, 0.1) is 12.7 Å². The number of carbonyl (C=O) groups excluding carboxylic acids is 1. The smallest absolute Gasteiger partial charge is 0.394 e. The Hall–Kier alpha value is -3.87. The van der Waals surface area contributed by atoms with Crippen molar-refractivity contribution in [2.24, 2.45) is 0 Å². The number of benzene rings is 3. The number of aliphatic carboxylic acids is 1. The molecule has 0 fully saturated rings. The molecule has 0 saturated carbocycles. The lowest BCUT2D eigenvalue weighted by Crippen LogP contribution is -2.22. The van der Waals surface area contributed by atoms with Crippen molar-refractivity contribution < 1.29 is 28.9 Å². The monoisotopic (exact) mass is 449 g/mol. The van der Waals surface area contributed by atoms with Crippen LogP contribution < -0.4 is 10.1 Å².